The number of rotatable bonds is 7. The van der Waals surface area contributed by atoms with Crippen LogP contribution in [-0.2, 0) is 9.84 Å². The Hall–Kier alpha value is -1.21. The summed E-state index contributed by atoms with van der Waals surface area (Å²) < 4.78 is 51.5. The number of ether oxygens (including phenoxy) is 1. The Morgan fingerprint density at radius 1 is 1.25 bits per heavy atom. The van der Waals surface area contributed by atoms with Gasteiger partial charge in [-0.1, -0.05) is 18.2 Å². The Bertz CT molecular complexity index is 534. The smallest absolute Gasteiger partial charge is 0.387 e. The second-order valence-electron chi connectivity index (χ2n) is 4.80. The van der Waals surface area contributed by atoms with Crippen LogP contribution in [0.1, 0.15) is 25.5 Å². The number of hydrogen-bond donors (Lipinski definition) is 1. The van der Waals surface area contributed by atoms with E-state index in [1.165, 1.54) is 6.07 Å². The highest BCUT2D eigenvalue weighted by atomic mass is 32.2. The molecule has 0 spiro atoms. The van der Waals surface area contributed by atoms with Crippen LogP contribution in [0.3, 0.4) is 0 Å². The van der Waals surface area contributed by atoms with Gasteiger partial charge in [-0.2, -0.15) is 8.78 Å². The molecule has 0 aliphatic carbocycles. The Balaban J connectivity index is 2.79. The molecule has 2 unspecified atom stereocenters. The molecule has 0 heterocycles. The molecule has 0 radical (unpaired) electrons. The van der Waals surface area contributed by atoms with Gasteiger partial charge in [0.2, 0.25) is 0 Å². The van der Waals surface area contributed by atoms with E-state index in [9.17, 15) is 17.2 Å². The molecule has 0 bridgehead atoms. The normalized spacial score (nSPS) is 15.1. The van der Waals surface area contributed by atoms with E-state index in [0.29, 0.717) is 5.56 Å². The predicted molar refractivity (Wildman–Crippen MR) is 73.8 cm³/mol. The molecule has 0 aliphatic heterocycles. The number of nitrogens with one attached hydrogen (secondary N) is 1. The van der Waals surface area contributed by atoms with Gasteiger partial charge in [-0.25, -0.2) is 8.42 Å². The number of sulfone groups is 1. The van der Waals surface area contributed by atoms with Gasteiger partial charge in [0.25, 0.3) is 0 Å². The fourth-order valence-electron chi connectivity index (χ4n) is 2.06. The minimum Gasteiger partial charge on any atom is -0.434 e. The lowest BCUT2D eigenvalue weighted by molar-refractivity contribution is -0.0506. The molecule has 2 atom stereocenters. The summed E-state index contributed by atoms with van der Waals surface area (Å²) >= 11 is 0. The van der Waals surface area contributed by atoms with Crippen molar-refractivity contribution >= 4 is 9.84 Å². The Kier molecular flexibility index (Phi) is 5.88. The average molecular weight is 307 g/mol. The first kappa shape index (κ1) is 16.8. The molecule has 0 saturated heterocycles. The summed E-state index contributed by atoms with van der Waals surface area (Å²) in [5, 5.41) is 3.06. The summed E-state index contributed by atoms with van der Waals surface area (Å²) in [6.07, 6.45) is 1.16. The molecule has 1 N–H and O–H groups in total. The SMILES string of the molecule is CC(CS(C)(=O)=O)NC(C)c1ccccc1OC(F)F. The van der Waals surface area contributed by atoms with Crippen LogP contribution in [-0.4, -0.2) is 33.1 Å². The van der Waals surface area contributed by atoms with E-state index < -0.39 is 16.4 Å². The van der Waals surface area contributed by atoms with Gasteiger partial charge in [-0.15, -0.1) is 0 Å². The maximum atomic E-state index is 12.3. The molecule has 0 amide bonds. The van der Waals surface area contributed by atoms with Crippen LogP contribution in [0.2, 0.25) is 0 Å². The van der Waals surface area contributed by atoms with E-state index >= 15 is 0 Å². The molecule has 1 aromatic carbocycles. The van der Waals surface area contributed by atoms with Gasteiger partial charge in [0.05, 0.1) is 5.75 Å². The van der Waals surface area contributed by atoms with Crippen LogP contribution < -0.4 is 10.1 Å². The molecule has 7 heteroatoms. The fraction of sp³-hybridized carbons (Fsp3) is 0.538. The van der Waals surface area contributed by atoms with Gasteiger partial charge in [0, 0.05) is 23.9 Å². The summed E-state index contributed by atoms with van der Waals surface area (Å²) in [4.78, 5) is 0. The van der Waals surface area contributed by atoms with Crippen LogP contribution in [0.5, 0.6) is 5.75 Å². The molecule has 1 rings (SSSR count). The summed E-state index contributed by atoms with van der Waals surface area (Å²) in [5.41, 5.74) is 0.563. The zero-order valence-electron chi connectivity index (χ0n) is 11.6. The number of para-hydroxylation sites is 1. The van der Waals surface area contributed by atoms with E-state index in [-0.39, 0.29) is 23.6 Å². The maximum Gasteiger partial charge on any atom is 0.387 e. The fourth-order valence-corrected chi connectivity index (χ4v) is 3.06. The molecule has 1 aromatic rings. The zero-order valence-corrected chi connectivity index (χ0v) is 12.5. The van der Waals surface area contributed by atoms with Crippen LogP contribution in [0.4, 0.5) is 8.78 Å². The molecule has 0 aromatic heterocycles. The Morgan fingerprint density at radius 3 is 2.40 bits per heavy atom. The van der Waals surface area contributed by atoms with Crippen molar-refractivity contribution in [3.63, 3.8) is 0 Å². The maximum absolute atomic E-state index is 12.3. The molecular formula is C13H19F2NO3S. The van der Waals surface area contributed by atoms with E-state index in [2.05, 4.69) is 10.1 Å². The van der Waals surface area contributed by atoms with E-state index in [1.807, 2.05) is 0 Å². The van der Waals surface area contributed by atoms with Crippen molar-refractivity contribution in [1.29, 1.82) is 0 Å². The van der Waals surface area contributed by atoms with Gasteiger partial charge >= 0.3 is 6.61 Å². The third-order valence-corrected chi connectivity index (χ3v) is 3.79. The lowest BCUT2D eigenvalue weighted by Crippen LogP contribution is -2.34. The number of alkyl halides is 2. The van der Waals surface area contributed by atoms with Crippen molar-refractivity contribution in [2.75, 3.05) is 12.0 Å². The summed E-state index contributed by atoms with van der Waals surface area (Å²) in [7, 11) is -3.09. The molecule has 114 valence electrons. The lowest BCUT2D eigenvalue weighted by Gasteiger charge is -2.21. The third-order valence-electron chi connectivity index (χ3n) is 2.69. The van der Waals surface area contributed by atoms with E-state index in [0.717, 1.165) is 6.26 Å². The standard InChI is InChI=1S/C13H19F2NO3S/c1-9(8-20(3,17)18)16-10(2)11-6-4-5-7-12(11)19-13(14)15/h4-7,9-10,13,16H,8H2,1-3H3. The molecule has 0 fully saturated rings. The van der Waals surface area contributed by atoms with Crippen LogP contribution >= 0.6 is 0 Å². The minimum atomic E-state index is -3.09. The molecule has 0 saturated carbocycles. The van der Waals surface area contributed by atoms with Crippen molar-refractivity contribution in [3.8, 4) is 5.75 Å². The predicted octanol–water partition coefficient (Wildman–Crippen LogP) is 2.37. The minimum absolute atomic E-state index is 0.0186. The zero-order chi connectivity index (χ0) is 15.3. The second kappa shape index (κ2) is 6.99. The number of hydrogen-bond acceptors (Lipinski definition) is 4. The molecule has 20 heavy (non-hydrogen) atoms. The van der Waals surface area contributed by atoms with Crippen LogP contribution in [0, 0.1) is 0 Å². The summed E-state index contributed by atoms with van der Waals surface area (Å²) in [6, 6.07) is 5.85. The van der Waals surface area contributed by atoms with Gasteiger partial charge in [-0.05, 0) is 19.9 Å². The Morgan fingerprint density at radius 2 is 1.85 bits per heavy atom. The van der Waals surface area contributed by atoms with Gasteiger partial charge < -0.3 is 10.1 Å². The molecular weight excluding hydrogens is 288 g/mol. The largest absolute Gasteiger partial charge is 0.434 e. The molecule has 0 aliphatic rings. The van der Waals surface area contributed by atoms with Crippen molar-refractivity contribution < 1.29 is 21.9 Å². The third kappa shape index (κ3) is 5.83. The van der Waals surface area contributed by atoms with Gasteiger partial charge in [0.1, 0.15) is 15.6 Å². The van der Waals surface area contributed by atoms with Crippen molar-refractivity contribution in [3.05, 3.63) is 29.8 Å². The average Bonchev–Trinajstić information content (AvgIpc) is 2.25. The van der Waals surface area contributed by atoms with E-state index in [1.54, 1.807) is 32.0 Å². The first-order valence-electron chi connectivity index (χ1n) is 6.16. The molecule has 4 nitrogen and oxygen atoms in total. The summed E-state index contributed by atoms with van der Waals surface area (Å²) in [5.74, 6) is 0.0731. The van der Waals surface area contributed by atoms with Crippen LogP contribution in [0.15, 0.2) is 24.3 Å². The van der Waals surface area contributed by atoms with Gasteiger partial charge in [0.15, 0.2) is 0 Å². The summed E-state index contributed by atoms with van der Waals surface area (Å²) in [6.45, 7) is 0.609. The Labute approximate surface area is 118 Å². The number of benzene rings is 1. The first-order valence-corrected chi connectivity index (χ1v) is 8.22. The monoisotopic (exact) mass is 307 g/mol. The van der Waals surface area contributed by atoms with Crippen LogP contribution in [0.25, 0.3) is 0 Å². The van der Waals surface area contributed by atoms with Gasteiger partial charge in [-0.3, -0.25) is 0 Å². The first-order chi connectivity index (χ1) is 9.19. The quantitative estimate of drug-likeness (QED) is 0.840. The highest BCUT2D eigenvalue weighted by molar-refractivity contribution is 7.90. The highest BCUT2D eigenvalue weighted by Gasteiger charge is 2.18. The van der Waals surface area contributed by atoms with Crippen molar-refractivity contribution in [2.24, 2.45) is 0 Å². The number of halogens is 2. The highest BCUT2D eigenvalue weighted by Crippen LogP contribution is 2.26. The van der Waals surface area contributed by atoms with Crippen molar-refractivity contribution in [1.82, 2.24) is 5.32 Å². The van der Waals surface area contributed by atoms with E-state index in [4.69, 9.17) is 0 Å². The lowest BCUT2D eigenvalue weighted by atomic mass is 10.1. The van der Waals surface area contributed by atoms with Crippen molar-refractivity contribution in [2.45, 2.75) is 32.5 Å². The topological polar surface area (TPSA) is 55.4 Å². The second-order valence-corrected chi connectivity index (χ2v) is 6.98.